The third-order valence-electron chi connectivity index (χ3n) is 5.45. The molecule has 172 valence electrons. The van der Waals surface area contributed by atoms with Crippen molar-refractivity contribution in [1.29, 1.82) is 5.41 Å². The molecule has 1 amide bonds. The molecule has 0 aliphatic heterocycles. The van der Waals surface area contributed by atoms with Crippen molar-refractivity contribution in [2.75, 3.05) is 30.1 Å². The van der Waals surface area contributed by atoms with Crippen molar-refractivity contribution < 1.29 is 9.53 Å². The van der Waals surface area contributed by atoms with Crippen LogP contribution in [0.15, 0.2) is 77.7 Å². The standard InChI is InChI=1S/C26H25N5O3/c1-28-22-11-8-20(14-18(22)15-27)29-23-5-3-4-17-12-13-31(26(33)25(17)23)16-24(32)30-19-6-9-21(34-2)10-7-19/h3-15,27-29H,16H2,1-2H3,(H,30,32). The highest BCUT2D eigenvalue weighted by Gasteiger charge is 2.12. The van der Waals surface area contributed by atoms with Crippen molar-refractivity contribution in [3.05, 3.63) is 88.8 Å². The predicted molar refractivity (Wildman–Crippen MR) is 137 cm³/mol. The number of hydrogen-bond acceptors (Lipinski definition) is 6. The first-order chi connectivity index (χ1) is 16.5. The lowest BCUT2D eigenvalue weighted by Gasteiger charge is -2.14. The summed E-state index contributed by atoms with van der Waals surface area (Å²) in [7, 11) is 3.38. The van der Waals surface area contributed by atoms with Gasteiger partial charge in [-0.3, -0.25) is 9.59 Å². The minimum atomic E-state index is -0.310. The smallest absolute Gasteiger partial charge is 0.261 e. The maximum Gasteiger partial charge on any atom is 0.261 e. The summed E-state index contributed by atoms with van der Waals surface area (Å²) in [6.07, 6.45) is 2.89. The van der Waals surface area contributed by atoms with Gasteiger partial charge in [0.05, 0.1) is 18.2 Å². The van der Waals surface area contributed by atoms with Gasteiger partial charge in [-0.2, -0.15) is 0 Å². The second-order valence-corrected chi connectivity index (χ2v) is 7.62. The zero-order valence-corrected chi connectivity index (χ0v) is 18.9. The fourth-order valence-electron chi connectivity index (χ4n) is 3.73. The van der Waals surface area contributed by atoms with Gasteiger partial charge in [0.2, 0.25) is 5.91 Å². The zero-order valence-electron chi connectivity index (χ0n) is 18.9. The number of anilines is 4. The number of amides is 1. The normalized spacial score (nSPS) is 10.5. The van der Waals surface area contributed by atoms with Gasteiger partial charge >= 0.3 is 0 Å². The molecule has 0 saturated carbocycles. The molecule has 4 rings (SSSR count). The molecule has 0 bridgehead atoms. The molecule has 8 nitrogen and oxygen atoms in total. The molecule has 4 N–H and O–H groups in total. The van der Waals surface area contributed by atoms with Gasteiger partial charge in [0.1, 0.15) is 12.3 Å². The fraction of sp³-hybridized carbons (Fsp3) is 0.115. The monoisotopic (exact) mass is 455 g/mol. The number of pyridine rings is 1. The lowest BCUT2D eigenvalue weighted by molar-refractivity contribution is -0.116. The van der Waals surface area contributed by atoms with E-state index in [-0.39, 0.29) is 18.0 Å². The first-order valence-electron chi connectivity index (χ1n) is 10.7. The predicted octanol–water partition coefficient (Wildman–Crippen LogP) is 4.43. The second-order valence-electron chi connectivity index (χ2n) is 7.62. The van der Waals surface area contributed by atoms with Gasteiger partial charge in [0, 0.05) is 42.1 Å². The van der Waals surface area contributed by atoms with Gasteiger partial charge in [-0.15, -0.1) is 0 Å². The van der Waals surface area contributed by atoms with E-state index < -0.39 is 0 Å². The first-order valence-corrected chi connectivity index (χ1v) is 10.7. The van der Waals surface area contributed by atoms with E-state index in [1.807, 2.05) is 42.5 Å². The number of rotatable bonds is 8. The molecule has 0 fully saturated rings. The largest absolute Gasteiger partial charge is 0.497 e. The van der Waals surface area contributed by atoms with Crippen LogP contribution >= 0.6 is 0 Å². The van der Waals surface area contributed by atoms with E-state index in [2.05, 4.69) is 16.0 Å². The zero-order chi connectivity index (χ0) is 24.1. The SMILES string of the molecule is CNc1ccc(Nc2cccc3ccn(CC(=O)Nc4ccc(OC)cc4)c(=O)c23)cc1C=N. The average molecular weight is 456 g/mol. The average Bonchev–Trinajstić information content (AvgIpc) is 2.86. The molecule has 0 spiro atoms. The van der Waals surface area contributed by atoms with Crippen LogP contribution in [0.2, 0.25) is 0 Å². The molecule has 0 atom stereocenters. The summed E-state index contributed by atoms with van der Waals surface area (Å²) in [5, 5.41) is 18.0. The van der Waals surface area contributed by atoms with Crippen molar-refractivity contribution in [1.82, 2.24) is 4.57 Å². The van der Waals surface area contributed by atoms with Gasteiger partial charge in [-0.05, 0) is 60.0 Å². The number of hydrogen-bond donors (Lipinski definition) is 4. The molecular formula is C26H25N5O3. The van der Waals surface area contributed by atoms with Crippen molar-refractivity contribution in [3.63, 3.8) is 0 Å². The summed E-state index contributed by atoms with van der Waals surface area (Å²) in [4.78, 5) is 25.9. The number of methoxy groups -OCH3 is 1. The van der Waals surface area contributed by atoms with Crippen LogP contribution in [0.25, 0.3) is 10.8 Å². The molecule has 8 heteroatoms. The van der Waals surface area contributed by atoms with E-state index in [0.717, 1.165) is 22.3 Å². The van der Waals surface area contributed by atoms with E-state index in [1.54, 1.807) is 44.6 Å². The molecule has 0 radical (unpaired) electrons. The molecule has 3 aromatic carbocycles. The van der Waals surface area contributed by atoms with Gasteiger partial charge < -0.3 is 30.7 Å². The number of aromatic nitrogens is 1. The third kappa shape index (κ3) is 4.75. The van der Waals surface area contributed by atoms with Crippen molar-refractivity contribution in [2.45, 2.75) is 6.54 Å². The van der Waals surface area contributed by atoms with Gasteiger partial charge in [0.25, 0.3) is 5.56 Å². The Morgan fingerprint density at radius 3 is 2.50 bits per heavy atom. The molecule has 1 aromatic heterocycles. The number of nitrogens with one attached hydrogen (secondary N) is 4. The van der Waals surface area contributed by atoms with Crippen LogP contribution in [0.3, 0.4) is 0 Å². The topological polar surface area (TPSA) is 108 Å². The number of carbonyl (C=O) groups is 1. The van der Waals surface area contributed by atoms with Crippen LogP contribution in [-0.4, -0.2) is 30.8 Å². The number of benzene rings is 3. The Labute approximate surface area is 196 Å². The third-order valence-corrected chi connectivity index (χ3v) is 5.45. The Kier molecular flexibility index (Phi) is 6.59. The summed E-state index contributed by atoms with van der Waals surface area (Å²) < 4.78 is 6.51. The molecule has 4 aromatic rings. The highest BCUT2D eigenvalue weighted by Crippen LogP contribution is 2.26. The Morgan fingerprint density at radius 2 is 1.79 bits per heavy atom. The lowest BCUT2D eigenvalue weighted by atomic mass is 10.1. The van der Waals surface area contributed by atoms with E-state index in [9.17, 15) is 9.59 Å². The Hall–Kier alpha value is -4.59. The number of carbonyl (C=O) groups excluding carboxylic acids is 1. The van der Waals surface area contributed by atoms with Crippen LogP contribution in [0.5, 0.6) is 5.75 Å². The molecule has 0 aliphatic rings. The quantitative estimate of drug-likeness (QED) is 0.294. The van der Waals surface area contributed by atoms with Gasteiger partial charge in [0.15, 0.2) is 0 Å². The van der Waals surface area contributed by atoms with Crippen LogP contribution in [0, 0.1) is 5.41 Å². The number of fused-ring (bicyclic) bond motifs is 1. The summed E-state index contributed by atoms with van der Waals surface area (Å²) in [6.45, 7) is -0.121. The maximum absolute atomic E-state index is 13.3. The summed E-state index contributed by atoms with van der Waals surface area (Å²) in [5.41, 5.74) is 3.28. The van der Waals surface area contributed by atoms with Crippen LogP contribution in [0.1, 0.15) is 5.56 Å². The molecule has 0 saturated heterocycles. The summed E-state index contributed by atoms with van der Waals surface area (Å²) in [6, 6.07) is 19.9. The molecule has 34 heavy (non-hydrogen) atoms. The molecule has 1 heterocycles. The van der Waals surface area contributed by atoms with Crippen LogP contribution < -0.4 is 26.2 Å². The summed E-state index contributed by atoms with van der Waals surface area (Å²) >= 11 is 0. The number of ether oxygens (including phenoxy) is 1. The van der Waals surface area contributed by atoms with Crippen molar-refractivity contribution in [2.24, 2.45) is 0 Å². The Bertz CT molecular complexity index is 1410. The second kappa shape index (κ2) is 9.91. The Morgan fingerprint density at radius 1 is 1.03 bits per heavy atom. The highest BCUT2D eigenvalue weighted by molar-refractivity contribution is 5.96. The van der Waals surface area contributed by atoms with Crippen molar-refractivity contribution in [3.8, 4) is 5.75 Å². The summed E-state index contributed by atoms with van der Waals surface area (Å²) in [5.74, 6) is 0.382. The van der Waals surface area contributed by atoms with E-state index in [0.29, 0.717) is 22.5 Å². The molecule has 0 aliphatic carbocycles. The lowest BCUT2D eigenvalue weighted by Crippen LogP contribution is -2.27. The maximum atomic E-state index is 13.3. The van der Waals surface area contributed by atoms with E-state index in [4.69, 9.17) is 10.1 Å². The first kappa shape index (κ1) is 22.6. The fourth-order valence-corrected chi connectivity index (χ4v) is 3.73. The highest BCUT2D eigenvalue weighted by atomic mass is 16.5. The van der Waals surface area contributed by atoms with E-state index in [1.165, 1.54) is 10.8 Å². The Balaban J connectivity index is 1.61. The van der Waals surface area contributed by atoms with Gasteiger partial charge in [-0.1, -0.05) is 12.1 Å². The van der Waals surface area contributed by atoms with E-state index >= 15 is 0 Å². The minimum absolute atomic E-state index is 0.121. The molecular weight excluding hydrogens is 430 g/mol. The van der Waals surface area contributed by atoms with Crippen LogP contribution in [-0.2, 0) is 11.3 Å². The van der Waals surface area contributed by atoms with Gasteiger partial charge in [-0.25, -0.2) is 0 Å². The van der Waals surface area contributed by atoms with Crippen molar-refractivity contribution >= 4 is 45.6 Å². The minimum Gasteiger partial charge on any atom is -0.497 e. The molecule has 0 unspecified atom stereocenters. The number of nitrogens with zero attached hydrogens (tertiary/aromatic N) is 1. The van der Waals surface area contributed by atoms with Crippen LogP contribution in [0.4, 0.5) is 22.7 Å².